The Hall–Kier alpha value is -0.670. The van der Waals surface area contributed by atoms with E-state index in [9.17, 15) is 0 Å². The minimum Gasteiger partial charge on any atom is -0.381 e. The van der Waals surface area contributed by atoms with Crippen LogP contribution in [0.15, 0.2) is 29.2 Å². The van der Waals surface area contributed by atoms with E-state index in [1.807, 2.05) is 0 Å². The fourth-order valence-corrected chi connectivity index (χ4v) is 4.82. The molecule has 21 heavy (non-hydrogen) atoms. The highest BCUT2D eigenvalue weighted by Gasteiger charge is 2.19. The van der Waals surface area contributed by atoms with Gasteiger partial charge in [0, 0.05) is 21.9 Å². The molecule has 0 bridgehead atoms. The molecule has 1 aliphatic heterocycles. The summed E-state index contributed by atoms with van der Waals surface area (Å²) in [5.74, 6) is 0. The molecule has 1 atom stereocenters. The zero-order chi connectivity index (χ0) is 14.5. The number of anilines is 1. The van der Waals surface area contributed by atoms with Crippen LogP contribution in [0.4, 0.5) is 5.69 Å². The molecular weight excluding hydrogens is 276 g/mol. The van der Waals surface area contributed by atoms with Crippen LogP contribution in [0.3, 0.4) is 0 Å². The van der Waals surface area contributed by atoms with Gasteiger partial charge in [0.25, 0.3) is 0 Å². The van der Waals surface area contributed by atoms with E-state index >= 15 is 0 Å². The van der Waals surface area contributed by atoms with Gasteiger partial charge in [-0.15, -0.1) is 11.8 Å². The monoisotopic (exact) mass is 304 g/mol. The Morgan fingerprint density at radius 2 is 1.81 bits per heavy atom. The number of benzene rings is 1. The van der Waals surface area contributed by atoms with E-state index in [1.54, 1.807) is 0 Å². The fourth-order valence-electron chi connectivity index (χ4n) is 3.48. The number of likely N-dealkylation sites (tertiary alicyclic amines) is 1. The lowest BCUT2D eigenvalue weighted by atomic mass is 10.1. The number of thioether (sulfide) groups is 1. The Bertz CT molecular complexity index is 443. The van der Waals surface area contributed by atoms with Crippen molar-refractivity contribution in [1.29, 1.82) is 0 Å². The molecule has 3 heteroatoms. The first kappa shape index (κ1) is 15.2. The van der Waals surface area contributed by atoms with Gasteiger partial charge in [-0.2, -0.15) is 0 Å². The molecule has 1 aromatic carbocycles. The zero-order valence-electron chi connectivity index (χ0n) is 13.2. The molecule has 0 radical (unpaired) electrons. The van der Waals surface area contributed by atoms with Crippen molar-refractivity contribution in [1.82, 2.24) is 4.90 Å². The molecule has 1 aliphatic carbocycles. The minimum absolute atomic E-state index is 0.639. The third-order valence-corrected chi connectivity index (χ3v) is 6.21. The molecule has 116 valence electrons. The van der Waals surface area contributed by atoms with Crippen LogP contribution >= 0.6 is 11.8 Å². The molecule has 2 fully saturated rings. The molecule has 1 saturated carbocycles. The SMILES string of the molecule is CN1CCCC(Nc2ccccc2SC2CCCC2)CC1. The Morgan fingerprint density at radius 3 is 2.67 bits per heavy atom. The van der Waals surface area contributed by atoms with E-state index in [2.05, 4.69) is 53.3 Å². The highest BCUT2D eigenvalue weighted by Crippen LogP contribution is 2.38. The van der Waals surface area contributed by atoms with Gasteiger partial charge in [0.1, 0.15) is 0 Å². The molecule has 3 rings (SSSR count). The van der Waals surface area contributed by atoms with E-state index in [4.69, 9.17) is 0 Å². The summed E-state index contributed by atoms with van der Waals surface area (Å²) < 4.78 is 0. The second-order valence-corrected chi connectivity index (χ2v) is 7.94. The Balaban J connectivity index is 1.63. The van der Waals surface area contributed by atoms with E-state index < -0.39 is 0 Å². The summed E-state index contributed by atoms with van der Waals surface area (Å²) in [4.78, 5) is 3.92. The van der Waals surface area contributed by atoms with Crippen LogP contribution in [0.2, 0.25) is 0 Å². The summed E-state index contributed by atoms with van der Waals surface area (Å²) in [7, 11) is 2.24. The zero-order valence-corrected chi connectivity index (χ0v) is 14.0. The number of rotatable bonds is 4. The van der Waals surface area contributed by atoms with Crippen molar-refractivity contribution >= 4 is 17.4 Å². The first-order valence-corrected chi connectivity index (χ1v) is 9.40. The summed E-state index contributed by atoms with van der Waals surface area (Å²) in [6.45, 7) is 2.46. The summed E-state index contributed by atoms with van der Waals surface area (Å²) in [5.41, 5.74) is 1.36. The van der Waals surface area contributed by atoms with Gasteiger partial charge in [-0.05, 0) is 64.4 Å². The Morgan fingerprint density at radius 1 is 1.00 bits per heavy atom. The third kappa shape index (κ3) is 4.40. The lowest BCUT2D eigenvalue weighted by Crippen LogP contribution is -2.23. The maximum atomic E-state index is 3.84. The van der Waals surface area contributed by atoms with Crippen LogP contribution < -0.4 is 5.32 Å². The minimum atomic E-state index is 0.639. The molecule has 0 aromatic heterocycles. The predicted molar refractivity (Wildman–Crippen MR) is 93.3 cm³/mol. The van der Waals surface area contributed by atoms with Crippen molar-refractivity contribution < 1.29 is 0 Å². The number of para-hydroxylation sites is 1. The molecular formula is C18H28N2S. The van der Waals surface area contributed by atoms with E-state index in [0.717, 1.165) is 5.25 Å². The summed E-state index contributed by atoms with van der Waals surface area (Å²) in [6.07, 6.45) is 9.50. The van der Waals surface area contributed by atoms with Gasteiger partial charge < -0.3 is 10.2 Å². The molecule has 1 unspecified atom stereocenters. The Kier molecular flexibility index (Phi) is 5.48. The second-order valence-electron chi connectivity index (χ2n) is 6.60. The van der Waals surface area contributed by atoms with Crippen molar-refractivity contribution in [3.63, 3.8) is 0 Å². The van der Waals surface area contributed by atoms with Crippen molar-refractivity contribution in [2.75, 3.05) is 25.5 Å². The average molecular weight is 305 g/mol. The van der Waals surface area contributed by atoms with Gasteiger partial charge in [0.15, 0.2) is 0 Å². The maximum Gasteiger partial charge on any atom is 0.0480 e. The summed E-state index contributed by atoms with van der Waals surface area (Å²) in [5, 5.41) is 4.68. The van der Waals surface area contributed by atoms with Crippen LogP contribution in [-0.4, -0.2) is 36.3 Å². The highest BCUT2D eigenvalue weighted by atomic mass is 32.2. The topological polar surface area (TPSA) is 15.3 Å². The van der Waals surface area contributed by atoms with Gasteiger partial charge in [0.2, 0.25) is 0 Å². The third-order valence-electron chi connectivity index (χ3n) is 4.79. The van der Waals surface area contributed by atoms with Crippen LogP contribution in [0.25, 0.3) is 0 Å². The number of hydrogen-bond acceptors (Lipinski definition) is 3. The summed E-state index contributed by atoms with van der Waals surface area (Å²) >= 11 is 2.10. The van der Waals surface area contributed by atoms with Crippen LogP contribution in [0, 0.1) is 0 Å². The first-order chi connectivity index (χ1) is 10.3. The van der Waals surface area contributed by atoms with E-state index in [-0.39, 0.29) is 0 Å². The van der Waals surface area contributed by atoms with Gasteiger partial charge in [0.05, 0.1) is 0 Å². The molecule has 1 aromatic rings. The normalized spacial score (nSPS) is 24.9. The smallest absolute Gasteiger partial charge is 0.0480 e. The van der Waals surface area contributed by atoms with Gasteiger partial charge >= 0.3 is 0 Å². The fraction of sp³-hybridized carbons (Fsp3) is 0.667. The van der Waals surface area contributed by atoms with E-state index in [1.165, 1.54) is 68.6 Å². The van der Waals surface area contributed by atoms with Crippen molar-refractivity contribution in [2.45, 2.75) is 61.1 Å². The molecule has 0 amide bonds. The highest BCUT2D eigenvalue weighted by molar-refractivity contribution is 8.00. The largest absolute Gasteiger partial charge is 0.381 e. The first-order valence-electron chi connectivity index (χ1n) is 8.52. The van der Waals surface area contributed by atoms with Gasteiger partial charge in [-0.3, -0.25) is 0 Å². The lowest BCUT2D eigenvalue weighted by molar-refractivity contribution is 0.348. The van der Waals surface area contributed by atoms with Crippen molar-refractivity contribution in [2.24, 2.45) is 0 Å². The Labute approximate surface area is 133 Å². The predicted octanol–water partition coefficient (Wildman–Crippen LogP) is 4.62. The molecule has 0 spiro atoms. The molecule has 2 nitrogen and oxygen atoms in total. The second kappa shape index (κ2) is 7.55. The molecule has 1 heterocycles. The molecule has 1 N–H and O–H groups in total. The van der Waals surface area contributed by atoms with Crippen molar-refractivity contribution in [3.8, 4) is 0 Å². The number of nitrogens with one attached hydrogen (secondary N) is 1. The number of nitrogens with zero attached hydrogens (tertiary/aromatic N) is 1. The van der Waals surface area contributed by atoms with Crippen LogP contribution in [-0.2, 0) is 0 Å². The average Bonchev–Trinajstić information content (AvgIpc) is 2.91. The van der Waals surface area contributed by atoms with Crippen LogP contribution in [0.1, 0.15) is 44.9 Å². The quantitative estimate of drug-likeness (QED) is 0.874. The lowest BCUT2D eigenvalue weighted by Gasteiger charge is -2.21. The molecule has 2 aliphatic rings. The maximum absolute atomic E-state index is 3.84. The summed E-state index contributed by atoms with van der Waals surface area (Å²) in [6, 6.07) is 9.56. The molecule has 1 saturated heterocycles. The van der Waals surface area contributed by atoms with Gasteiger partial charge in [-0.25, -0.2) is 0 Å². The standard InChI is InChI=1S/C18H28N2S/c1-20-13-6-7-15(12-14-20)19-17-10-4-5-11-18(17)21-16-8-2-3-9-16/h4-5,10-11,15-16,19H,2-3,6-9,12-14H2,1H3. The van der Waals surface area contributed by atoms with E-state index in [0.29, 0.717) is 6.04 Å². The van der Waals surface area contributed by atoms with Gasteiger partial charge in [-0.1, -0.05) is 25.0 Å². The van der Waals surface area contributed by atoms with Crippen molar-refractivity contribution in [3.05, 3.63) is 24.3 Å². The number of hydrogen-bond donors (Lipinski definition) is 1. The van der Waals surface area contributed by atoms with Crippen LogP contribution in [0.5, 0.6) is 0 Å².